The molecule has 1 aromatic rings. The van der Waals surface area contributed by atoms with Gasteiger partial charge in [-0.2, -0.15) is 13.2 Å². The lowest BCUT2D eigenvalue weighted by atomic mass is 10.1. The van der Waals surface area contributed by atoms with Gasteiger partial charge in [-0.05, 0) is 24.1 Å². The zero-order chi connectivity index (χ0) is 16.5. The molecule has 0 atom stereocenters. The first-order valence-corrected chi connectivity index (χ1v) is 6.64. The van der Waals surface area contributed by atoms with Crippen LogP contribution in [0.5, 0.6) is 5.75 Å². The summed E-state index contributed by atoms with van der Waals surface area (Å²) in [7, 11) is 0. The molecule has 0 saturated carbocycles. The van der Waals surface area contributed by atoms with Gasteiger partial charge in [0.25, 0.3) is 5.91 Å². The third-order valence-electron chi connectivity index (χ3n) is 2.96. The number of hydrogen-bond donors (Lipinski definition) is 1. The van der Waals surface area contributed by atoms with Gasteiger partial charge in [-0.15, -0.1) is 0 Å². The lowest BCUT2D eigenvalue weighted by Crippen LogP contribution is -2.41. The summed E-state index contributed by atoms with van der Waals surface area (Å²) in [4.78, 5) is 24.3. The van der Waals surface area contributed by atoms with Gasteiger partial charge in [0.2, 0.25) is 0 Å². The predicted molar refractivity (Wildman–Crippen MR) is 73.8 cm³/mol. The molecule has 5 nitrogen and oxygen atoms in total. The number of benzene rings is 1. The van der Waals surface area contributed by atoms with Crippen LogP contribution < -0.4 is 15.0 Å². The fourth-order valence-corrected chi connectivity index (χ4v) is 2.05. The van der Waals surface area contributed by atoms with Crippen molar-refractivity contribution in [3.63, 3.8) is 0 Å². The van der Waals surface area contributed by atoms with Crippen LogP contribution in [0.3, 0.4) is 0 Å². The molecule has 120 valence electrons. The van der Waals surface area contributed by atoms with E-state index in [1.165, 1.54) is 23.1 Å². The average Bonchev–Trinajstić information content (AvgIpc) is 2.41. The molecule has 2 rings (SSSR count). The average molecular weight is 316 g/mol. The van der Waals surface area contributed by atoms with Gasteiger partial charge in [0.1, 0.15) is 5.75 Å². The van der Waals surface area contributed by atoms with Crippen LogP contribution >= 0.6 is 0 Å². The van der Waals surface area contributed by atoms with Crippen LogP contribution in [0.4, 0.5) is 24.5 Å². The molecule has 1 N–H and O–H groups in total. The lowest BCUT2D eigenvalue weighted by Gasteiger charge is -2.31. The van der Waals surface area contributed by atoms with Crippen LogP contribution in [-0.4, -0.2) is 31.1 Å². The van der Waals surface area contributed by atoms with E-state index in [0.717, 1.165) is 0 Å². The largest absolute Gasteiger partial charge is 0.482 e. The van der Waals surface area contributed by atoms with E-state index in [-0.39, 0.29) is 24.1 Å². The first-order chi connectivity index (χ1) is 10.2. The fraction of sp³-hybridized carbons (Fsp3) is 0.429. The quantitative estimate of drug-likeness (QED) is 0.932. The molecule has 1 aliphatic rings. The van der Waals surface area contributed by atoms with E-state index in [9.17, 15) is 22.8 Å². The van der Waals surface area contributed by atoms with E-state index in [1.807, 2.05) is 13.8 Å². The van der Waals surface area contributed by atoms with Crippen LogP contribution in [0.2, 0.25) is 0 Å². The number of nitrogens with zero attached hydrogens (tertiary/aromatic N) is 1. The minimum absolute atomic E-state index is 0.0480. The number of halogens is 3. The van der Waals surface area contributed by atoms with Gasteiger partial charge in [-0.1, -0.05) is 13.8 Å². The van der Waals surface area contributed by atoms with Gasteiger partial charge < -0.3 is 15.0 Å². The molecular formula is C14H15F3N2O3. The first kappa shape index (κ1) is 16.1. The number of carbonyl (C=O) groups excluding carboxylic acids is 2. The maximum absolute atomic E-state index is 12.3. The van der Waals surface area contributed by atoms with Gasteiger partial charge in [0.15, 0.2) is 6.61 Å². The van der Waals surface area contributed by atoms with Gasteiger partial charge in [-0.3, -0.25) is 9.59 Å². The van der Waals surface area contributed by atoms with E-state index in [4.69, 9.17) is 4.74 Å². The number of amides is 2. The maximum atomic E-state index is 12.3. The summed E-state index contributed by atoms with van der Waals surface area (Å²) in [6.07, 6.45) is -4.97. The minimum Gasteiger partial charge on any atom is -0.482 e. The van der Waals surface area contributed by atoms with Crippen LogP contribution in [0, 0.1) is 5.92 Å². The first-order valence-electron chi connectivity index (χ1n) is 6.64. The molecule has 2 amide bonds. The third kappa shape index (κ3) is 3.49. The Bertz CT molecular complexity index is 599. The molecular weight excluding hydrogens is 301 g/mol. The summed E-state index contributed by atoms with van der Waals surface area (Å²) in [5.74, 6) is -1.78. The molecule has 0 unspecified atom stereocenters. The second-order valence-electron chi connectivity index (χ2n) is 5.32. The molecule has 1 heterocycles. The Labute approximate surface area is 125 Å². The van der Waals surface area contributed by atoms with Crippen LogP contribution in [0.15, 0.2) is 18.2 Å². The smallest absolute Gasteiger partial charge is 0.471 e. The zero-order valence-electron chi connectivity index (χ0n) is 12.0. The number of ether oxygens (including phenoxy) is 1. The zero-order valence-corrected chi connectivity index (χ0v) is 12.0. The SMILES string of the molecule is CC(C)CN1C(=O)COc2ccc(NC(=O)C(F)(F)F)cc21. The summed E-state index contributed by atoms with van der Waals surface area (Å²) in [5, 5.41) is 1.76. The lowest BCUT2D eigenvalue weighted by molar-refractivity contribution is -0.167. The number of anilines is 2. The van der Waals surface area contributed by atoms with Crippen molar-refractivity contribution >= 4 is 23.2 Å². The molecule has 8 heteroatoms. The molecule has 1 aliphatic heterocycles. The molecule has 0 spiro atoms. The van der Waals surface area contributed by atoms with Gasteiger partial charge >= 0.3 is 12.1 Å². The molecule has 0 saturated heterocycles. The molecule has 22 heavy (non-hydrogen) atoms. The van der Waals surface area contributed by atoms with Gasteiger partial charge in [0, 0.05) is 12.2 Å². The summed E-state index contributed by atoms with van der Waals surface area (Å²) in [5.41, 5.74) is 0.304. The van der Waals surface area contributed by atoms with Crippen molar-refractivity contribution in [3.05, 3.63) is 18.2 Å². The molecule has 0 radical (unpaired) electrons. The van der Waals surface area contributed by atoms with Crippen molar-refractivity contribution in [2.75, 3.05) is 23.4 Å². The van der Waals surface area contributed by atoms with Gasteiger partial charge in [-0.25, -0.2) is 0 Å². The van der Waals surface area contributed by atoms with E-state index in [2.05, 4.69) is 0 Å². The summed E-state index contributed by atoms with van der Waals surface area (Å²) < 4.78 is 42.1. The number of nitrogens with one attached hydrogen (secondary N) is 1. The second-order valence-corrected chi connectivity index (χ2v) is 5.32. The summed E-state index contributed by atoms with van der Waals surface area (Å²) >= 11 is 0. The Kier molecular flexibility index (Phi) is 4.30. The fourth-order valence-electron chi connectivity index (χ4n) is 2.05. The van der Waals surface area contributed by atoms with Crippen molar-refractivity contribution in [1.29, 1.82) is 0 Å². The van der Waals surface area contributed by atoms with E-state index < -0.39 is 12.1 Å². The second kappa shape index (κ2) is 5.86. The number of alkyl halides is 3. The molecule has 0 fully saturated rings. The summed E-state index contributed by atoms with van der Waals surface area (Å²) in [6, 6.07) is 4.03. The van der Waals surface area contributed by atoms with Crippen LogP contribution in [0.25, 0.3) is 0 Å². The number of carbonyl (C=O) groups is 2. The predicted octanol–water partition coefficient (Wildman–Crippen LogP) is 2.57. The van der Waals surface area contributed by atoms with E-state index in [1.54, 1.807) is 5.32 Å². The van der Waals surface area contributed by atoms with Crippen LogP contribution in [-0.2, 0) is 9.59 Å². The van der Waals surface area contributed by atoms with Crippen molar-refractivity contribution < 1.29 is 27.5 Å². The highest BCUT2D eigenvalue weighted by Crippen LogP contribution is 2.35. The molecule has 0 bridgehead atoms. The van der Waals surface area contributed by atoms with Crippen molar-refractivity contribution in [2.45, 2.75) is 20.0 Å². The normalized spacial score (nSPS) is 14.6. The Balaban J connectivity index is 2.30. The monoisotopic (exact) mass is 316 g/mol. The van der Waals surface area contributed by atoms with Crippen LogP contribution in [0.1, 0.15) is 13.8 Å². The minimum atomic E-state index is -4.97. The van der Waals surface area contributed by atoms with Crippen molar-refractivity contribution in [3.8, 4) is 5.75 Å². The summed E-state index contributed by atoms with van der Waals surface area (Å²) in [6.45, 7) is 4.12. The molecule has 0 aliphatic carbocycles. The highest BCUT2D eigenvalue weighted by molar-refractivity contribution is 6.00. The Morgan fingerprint density at radius 2 is 2.09 bits per heavy atom. The highest BCUT2D eigenvalue weighted by atomic mass is 19.4. The number of fused-ring (bicyclic) bond motifs is 1. The Morgan fingerprint density at radius 3 is 2.68 bits per heavy atom. The van der Waals surface area contributed by atoms with E-state index >= 15 is 0 Å². The topological polar surface area (TPSA) is 58.6 Å². The Hall–Kier alpha value is -2.25. The van der Waals surface area contributed by atoms with Crippen molar-refractivity contribution in [2.24, 2.45) is 5.92 Å². The van der Waals surface area contributed by atoms with Gasteiger partial charge in [0.05, 0.1) is 5.69 Å². The third-order valence-corrected chi connectivity index (χ3v) is 2.96. The standard InChI is InChI=1S/C14H15F3N2O3/c1-8(2)6-19-10-5-9(18-13(21)14(15,16)17)3-4-11(10)22-7-12(19)20/h3-5,8H,6-7H2,1-2H3,(H,18,21). The number of rotatable bonds is 3. The molecule has 0 aromatic heterocycles. The van der Waals surface area contributed by atoms with Crippen molar-refractivity contribution in [1.82, 2.24) is 0 Å². The number of hydrogen-bond acceptors (Lipinski definition) is 3. The van der Waals surface area contributed by atoms with E-state index in [0.29, 0.717) is 18.0 Å². The highest BCUT2D eigenvalue weighted by Gasteiger charge is 2.39. The molecule has 1 aromatic carbocycles. The maximum Gasteiger partial charge on any atom is 0.471 e. The Morgan fingerprint density at radius 1 is 1.41 bits per heavy atom.